The predicted octanol–water partition coefficient (Wildman–Crippen LogP) is 4.53. The van der Waals surface area contributed by atoms with E-state index in [4.69, 9.17) is 24.4 Å². The maximum absolute atomic E-state index is 5.28. The van der Waals surface area contributed by atoms with Gasteiger partial charge in [-0.05, 0) is 73.5 Å². The zero-order valence-corrected chi connectivity index (χ0v) is 16.2. The molecule has 0 saturated carbocycles. The van der Waals surface area contributed by atoms with Gasteiger partial charge in [0.1, 0.15) is 0 Å². The molecule has 2 aromatic carbocycles. The predicted molar refractivity (Wildman–Crippen MR) is 115 cm³/mol. The van der Waals surface area contributed by atoms with Crippen LogP contribution in [-0.2, 0) is 6.42 Å². The lowest BCUT2D eigenvalue weighted by Crippen LogP contribution is -2.45. The topological polar surface area (TPSA) is 48.1 Å². The highest BCUT2D eigenvalue weighted by molar-refractivity contribution is 7.81. The Morgan fingerprint density at radius 3 is 2.16 bits per heavy atom. The molecule has 2 aromatic rings. The van der Waals surface area contributed by atoms with Crippen molar-refractivity contribution in [1.82, 2.24) is 10.9 Å². The SMILES string of the molecule is CCCCc1ccc(NC(=S)NNC(=S)Nc2ccccc2C)cc1. The van der Waals surface area contributed by atoms with Gasteiger partial charge < -0.3 is 10.6 Å². The lowest BCUT2D eigenvalue weighted by atomic mass is 10.1. The molecule has 0 aliphatic heterocycles. The van der Waals surface area contributed by atoms with E-state index in [0.29, 0.717) is 10.2 Å². The fourth-order valence-electron chi connectivity index (χ4n) is 2.28. The zero-order valence-electron chi connectivity index (χ0n) is 14.6. The van der Waals surface area contributed by atoms with Crippen LogP contribution < -0.4 is 21.5 Å². The molecule has 0 saturated heterocycles. The van der Waals surface area contributed by atoms with E-state index in [1.165, 1.54) is 18.4 Å². The first-order chi connectivity index (χ1) is 12.1. The van der Waals surface area contributed by atoms with Gasteiger partial charge in [-0.3, -0.25) is 10.9 Å². The summed E-state index contributed by atoms with van der Waals surface area (Å²) in [7, 11) is 0. The van der Waals surface area contributed by atoms with E-state index in [-0.39, 0.29) is 0 Å². The molecule has 0 atom stereocenters. The van der Waals surface area contributed by atoms with Crippen LogP contribution in [0.4, 0.5) is 11.4 Å². The van der Waals surface area contributed by atoms with Gasteiger partial charge in [-0.15, -0.1) is 0 Å². The van der Waals surface area contributed by atoms with Gasteiger partial charge in [-0.2, -0.15) is 0 Å². The molecule has 6 heteroatoms. The van der Waals surface area contributed by atoms with Crippen molar-refractivity contribution in [3.05, 3.63) is 59.7 Å². The molecular formula is C19H24N4S2. The van der Waals surface area contributed by atoms with Crippen molar-refractivity contribution in [3.8, 4) is 0 Å². The first-order valence-electron chi connectivity index (χ1n) is 8.37. The summed E-state index contributed by atoms with van der Waals surface area (Å²) >= 11 is 10.5. The van der Waals surface area contributed by atoms with E-state index in [1.807, 2.05) is 43.3 Å². The molecule has 4 nitrogen and oxygen atoms in total. The molecule has 0 fully saturated rings. The molecule has 0 unspecified atom stereocenters. The third kappa shape index (κ3) is 6.68. The average Bonchev–Trinajstić information content (AvgIpc) is 2.61. The number of para-hydroxylation sites is 1. The number of thiocarbonyl (C=S) groups is 2. The Morgan fingerprint density at radius 1 is 0.880 bits per heavy atom. The van der Waals surface area contributed by atoms with Gasteiger partial charge in [0.25, 0.3) is 0 Å². The van der Waals surface area contributed by atoms with Crippen molar-refractivity contribution in [3.63, 3.8) is 0 Å². The minimum absolute atomic E-state index is 0.452. The van der Waals surface area contributed by atoms with Crippen LogP contribution in [0.1, 0.15) is 30.9 Å². The fourth-order valence-corrected chi connectivity index (χ4v) is 2.61. The summed E-state index contributed by atoms with van der Waals surface area (Å²) in [5.41, 5.74) is 10.1. The minimum atomic E-state index is 0.452. The molecule has 0 amide bonds. The van der Waals surface area contributed by atoms with E-state index in [9.17, 15) is 0 Å². The summed E-state index contributed by atoms with van der Waals surface area (Å²) in [6, 6.07) is 16.3. The van der Waals surface area contributed by atoms with Crippen LogP contribution in [0.15, 0.2) is 48.5 Å². The summed E-state index contributed by atoms with van der Waals surface area (Å²) in [6.45, 7) is 4.22. The Morgan fingerprint density at radius 2 is 1.52 bits per heavy atom. The number of unbranched alkanes of at least 4 members (excludes halogenated alkanes) is 1. The van der Waals surface area contributed by atoms with E-state index in [1.54, 1.807) is 0 Å². The van der Waals surface area contributed by atoms with Crippen molar-refractivity contribution < 1.29 is 0 Å². The first kappa shape index (κ1) is 19.1. The molecule has 2 rings (SSSR count). The van der Waals surface area contributed by atoms with Crippen LogP contribution in [0.2, 0.25) is 0 Å². The fraction of sp³-hybridized carbons (Fsp3) is 0.263. The third-order valence-corrected chi connectivity index (χ3v) is 4.12. The molecule has 0 heterocycles. The van der Waals surface area contributed by atoms with Gasteiger partial charge in [0.15, 0.2) is 10.2 Å². The van der Waals surface area contributed by atoms with Crippen molar-refractivity contribution in [2.24, 2.45) is 0 Å². The molecule has 0 radical (unpaired) electrons. The summed E-state index contributed by atoms with van der Waals surface area (Å²) in [6.07, 6.45) is 3.53. The van der Waals surface area contributed by atoms with Gasteiger partial charge in [0.2, 0.25) is 0 Å². The quantitative estimate of drug-likeness (QED) is 0.457. The number of nitrogens with one attached hydrogen (secondary N) is 4. The largest absolute Gasteiger partial charge is 0.331 e. The molecular weight excluding hydrogens is 348 g/mol. The standard InChI is InChI=1S/C19H24N4S2/c1-3-4-8-15-10-12-16(13-11-15)20-18(24)22-23-19(25)21-17-9-6-5-7-14(17)2/h5-7,9-13H,3-4,8H2,1-2H3,(H2,20,22,24)(H2,21,23,25). The summed E-state index contributed by atoms with van der Waals surface area (Å²) in [5, 5.41) is 7.16. The van der Waals surface area contributed by atoms with Crippen molar-refractivity contribution in [2.75, 3.05) is 10.6 Å². The maximum Gasteiger partial charge on any atom is 0.189 e. The molecule has 0 aromatic heterocycles. The van der Waals surface area contributed by atoms with Gasteiger partial charge in [0, 0.05) is 11.4 Å². The van der Waals surface area contributed by atoms with E-state index < -0.39 is 0 Å². The second-order valence-corrected chi connectivity index (χ2v) is 6.59. The van der Waals surface area contributed by atoms with E-state index >= 15 is 0 Å². The summed E-state index contributed by atoms with van der Waals surface area (Å²) in [5.74, 6) is 0. The van der Waals surface area contributed by atoms with Crippen LogP contribution >= 0.6 is 24.4 Å². The van der Waals surface area contributed by atoms with Crippen molar-refractivity contribution in [1.29, 1.82) is 0 Å². The van der Waals surface area contributed by atoms with Gasteiger partial charge in [-0.1, -0.05) is 43.7 Å². The van der Waals surface area contributed by atoms with Crippen molar-refractivity contribution in [2.45, 2.75) is 33.1 Å². The van der Waals surface area contributed by atoms with E-state index in [0.717, 1.165) is 23.4 Å². The monoisotopic (exact) mass is 372 g/mol. The van der Waals surface area contributed by atoms with E-state index in [2.05, 4.69) is 40.5 Å². The molecule has 132 valence electrons. The summed E-state index contributed by atoms with van der Waals surface area (Å²) < 4.78 is 0. The Labute approximate surface area is 160 Å². The van der Waals surface area contributed by atoms with Gasteiger partial charge in [0.05, 0.1) is 0 Å². The first-order valence-corrected chi connectivity index (χ1v) is 9.18. The lowest BCUT2D eigenvalue weighted by molar-refractivity contribution is 0.795. The molecule has 4 N–H and O–H groups in total. The minimum Gasteiger partial charge on any atom is -0.331 e. The van der Waals surface area contributed by atoms with Gasteiger partial charge in [-0.25, -0.2) is 0 Å². The average molecular weight is 373 g/mol. The van der Waals surface area contributed by atoms with Crippen LogP contribution in [0.25, 0.3) is 0 Å². The Kier molecular flexibility index (Phi) is 7.63. The second-order valence-electron chi connectivity index (χ2n) is 5.77. The highest BCUT2D eigenvalue weighted by atomic mass is 32.1. The molecule has 0 aliphatic carbocycles. The number of anilines is 2. The lowest BCUT2D eigenvalue weighted by Gasteiger charge is -2.15. The molecule has 0 spiro atoms. The maximum atomic E-state index is 5.28. The Bertz CT molecular complexity index is 714. The Balaban J connectivity index is 1.76. The molecule has 0 bridgehead atoms. The van der Waals surface area contributed by atoms with Crippen LogP contribution in [-0.4, -0.2) is 10.2 Å². The van der Waals surface area contributed by atoms with Crippen LogP contribution in [0, 0.1) is 6.92 Å². The number of benzene rings is 2. The number of rotatable bonds is 5. The number of hydrazine groups is 1. The van der Waals surface area contributed by atoms with Crippen molar-refractivity contribution >= 4 is 46.0 Å². The third-order valence-electron chi connectivity index (χ3n) is 3.71. The Hall–Kier alpha value is -2.18. The van der Waals surface area contributed by atoms with Crippen LogP contribution in [0.3, 0.4) is 0 Å². The molecule has 25 heavy (non-hydrogen) atoms. The normalized spacial score (nSPS) is 10.0. The van der Waals surface area contributed by atoms with Crippen LogP contribution in [0.5, 0.6) is 0 Å². The highest BCUT2D eigenvalue weighted by Gasteiger charge is 2.02. The number of hydrogen-bond donors (Lipinski definition) is 4. The zero-order chi connectivity index (χ0) is 18.1. The number of hydrogen-bond acceptors (Lipinski definition) is 2. The second kappa shape index (κ2) is 9.96. The summed E-state index contributed by atoms with van der Waals surface area (Å²) in [4.78, 5) is 0. The van der Waals surface area contributed by atoms with Gasteiger partial charge >= 0.3 is 0 Å². The molecule has 0 aliphatic rings. The smallest absolute Gasteiger partial charge is 0.189 e. The number of aryl methyl sites for hydroxylation is 2. The highest BCUT2D eigenvalue weighted by Crippen LogP contribution is 2.13.